The number of H-pyrrole nitrogens is 3. The van der Waals surface area contributed by atoms with Crippen LogP contribution >= 0.6 is 0 Å². The average Bonchev–Trinajstić information content (AvgIpc) is 3.39. The minimum absolute atomic E-state index is 0.0353. The number of amidine groups is 1. The van der Waals surface area contributed by atoms with Crippen molar-refractivity contribution in [1.29, 1.82) is 10.8 Å². The molecule has 0 aromatic carbocycles. The number of allylic oxidation sites excluding steroid dienone is 1. The summed E-state index contributed by atoms with van der Waals surface area (Å²) < 4.78 is 0. The van der Waals surface area contributed by atoms with Crippen molar-refractivity contribution in [1.82, 2.24) is 15.0 Å². The molecule has 4 rings (SSSR count). The van der Waals surface area contributed by atoms with E-state index >= 15 is 0 Å². The highest BCUT2D eigenvalue weighted by Gasteiger charge is 2.21. The predicted molar refractivity (Wildman–Crippen MR) is 104 cm³/mol. The summed E-state index contributed by atoms with van der Waals surface area (Å²) in [4.78, 5) is 13.8. The lowest BCUT2D eigenvalue weighted by Crippen LogP contribution is -2.23. The minimum Gasteiger partial charge on any atom is -0.382 e. The van der Waals surface area contributed by atoms with E-state index in [0.717, 1.165) is 27.8 Å². The zero-order valence-corrected chi connectivity index (χ0v) is 13.8. The van der Waals surface area contributed by atoms with Gasteiger partial charge in [0.15, 0.2) is 5.84 Å². The van der Waals surface area contributed by atoms with Crippen molar-refractivity contribution in [3.63, 3.8) is 0 Å². The molecule has 1 aliphatic heterocycles. The highest BCUT2D eigenvalue weighted by molar-refractivity contribution is 6.72. The largest absolute Gasteiger partial charge is 0.382 e. The van der Waals surface area contributed by atoms with E-state index in [1.165, 1.54) is 0 Å². The number of nitrogens with zero attached hydrogens (tertiary/aromatic N) is 1. The zero-order chi connectivity index (χ0) is 18.1. The van der Waals surface area contributed by atoms with Crippen LogP contribution in [0.25, 0.3) is 18.2 Å². The van der Waals surface area contributed by atoms with Gasteiger partial charge in [0.2, 0.25) is 0 Å². The van der Waals surface area contributed by atoms with E-state index in [-0.39, 0.29) is 17.3 Å². The number of nitrogens with two attached hydrogens (primary N) is 1. The Morgan fingerprint density at radius 2 is 1.50 bits per heavy atom. The quantitative estimate of drug-likeness (QED) is 0.417. The molecule has 0 bridgehead atoms. The van der Waals surface area contributed by atoms with E-state index in [1.807, 2.05) is 54.7 Å². The normalized spacial score (nSPS) is 17.5. The Hall–Kier alpha value is -3.87. The van der Waals surface area contributed by atoms with E-state index in [4.69, 9.17) is 16.6 Å². The molecule has 0 saturated carbocycles. The van der Waals surface area contributed by atoms with Crippen molar-refractivity contribution in [2.75, 3.05) is 0 Å². The molecular weight excluding hydrogens is 326 g/mol. The Bertz CT molecular complexity index is 1170. The summed E-state index contributed by atoms with van der Waals surface area (Å²) in [5.41, 5.74) is 8.74. The monoisotopic (exact) mass is 343 g/mol. The number of rotatable bonds is 3. The van der Waals surface area contributed by atoms with Crippen molar-refractivity contribution in [2.45, 2.75) is 0 Å². The molecule has 0 spiro atoms. The molecule has 0 radical (unpaired) electrons. The second-order valence-corrected chi connectivity index (χ2v) is 5.93. The number of aliphatic imine (C=N–C) groups is 1. The van der Waals surface area contributed by atoms with Crippen LogP contribution in [0.1, 0.15) is 17.1 Å². The molecule has 3 aromatic rings. The molecule has 0 unspecified atom stereocenters. The van der Waals surface area contributed by atoms with Crippen LogP contribution in [0.15, 0.2) is 53.3 Å². The van der Waals surface area contributed by atoms with Crippen LogP contribution < -0.4 is 16.4 Å². The number of aromatic nitrogens is 3. The van der Waals surface area contributed by atoms with Crippen molar-refractivity contribution in [3.05, 3.63) is 76.1 Å². The molecule has 0 saturated heterocycles. The van der Waals surface area contributed by atoms with Gasteiger partial charge in [-0.25, -0.2) is 4.99 Å². The molecular formula is C19H17N7. The molecule has 0 fully saturated rings. The van der Waals surface area contributed by atoms with Crippen LogP contribution in [0, 0.1) is 10.8 Å². The molecule has 0 atom stereocenters. The fourth-order valence-corrected chi connectivity index (χ4v) is 2.71. The first-order chi connectivity index (χ1) is 12.6. The van der Waals surface area contributed by atoms with E-state index in [9.17, 15) is 0 Å². The number of nitrogens with one attached hydrogen (secondary N) is 5. The number of hydrogen-bond donors (Lipinski definition) is 6. The third kappa shape index (κ3) is 3.05. The van der Waals surface area contributed by atoms with Crippen LogP contribution in [0.3, 0.4) is 0 Å². The van der Waals surface area contributed by atoms with E-state index < -0.39 is 0 Å². The Morgan fingerprint density at radius 1 is 0.808 bits per heavy atom. The average molecular weight is 343 g/mol. The van der Waals surface area contributed by atoms with Gasteiger partial charge in [0.05, 0.1) is 5.70 Å². The van der Waals surface area contributed by atoms with Gasteiger partial charge in [-0.05, 0) is 54.6 Å². The third-order valence-electron chi connectivity index (χ3n) is 4.00. The second-order valence-electron chi connectivity index (χ2n) is 5.93. The fraction of sp³-hybridized carbons (Fsp3) is 0. The van der Waals surface area contributed by atoms with Crippen LogP contribution in [-0.2, 0) is 0 Å². The smallest absolute Gasteiger partial charge is 0.151 e. The summed E-state index contributed by atoms with van der Waals surface area (Å²) in [6.45, 7) is 0. The van der Waals surface area contributed by atoms with E-state index in [1.54, 1.807) is 6.08 Å². The van der Waals surface area contributed by atoms with Crippen molar-refractivity contribution >= 4 is 35.5 Å². The first-order valence-corrected chi connectivity index (χ1v) is 8.03. The standard InChI is InChI=1S/C19H17N7/c20-17-16(26-19(22)18(17)21)10-15-6-5-14(25-15)9-13-4-3-12(24-13)8-11-2-1-7-23-11/h1-10,20-21,23-25H,(H2,22,26). The molecule has 7 heteroatoms. The summed E-state index contributed by atoms with van der Waals surface area (Å²) in [7, 11) is 0. The lowest BCUT2D eigenvalue weighted by Gasteiger charge is -1.93. The van der Waals surface area contributed by atoms with Crippen LogP contribution in [-0.4, -0.2) is 32.2 Å². The Balaban J connectivity index is 1.60. The molecule has 7 N–H and O–H groups in total. The van der Waals surface area contributed by atoms with Crippen LogP contribution in [0.5, 0.6) is 0 Å². The summed E-state index contributed by atoms with van der Waals surface area (Å²) in [5, 5.41) is 17.5. The Kier molecular flexibility index (Phi) is 3.74. The SMILES string of the molecule is N=C1C(=N)C(N)=NC1=Cc1ccc(C=c2ccc(=Cc3ccc[nH]3)[nH]2)[nH]1. The zero-order valence-electron chi connectivity index (χ0n) is 13.8. The second kappa shape index (κ2) is 6.21. The van der Waals surface area contributed by atoms with Crippen LogP contribution in [0.2, 0.25) is 0 Å². The summed E-state index contributed by atoms with van der Waals surface area (Å²) >= 11 is 0. The lowest BCUT2D eigenvalue weighted by molar-refractivity contribution is 1.25. The van der Waals surface area contributed by atoms with Gasteiger partial charge in [-0.1, -0.05) is 0 Å². The summed E-state index contributed by atoms with van der Waals surface area (Å²) in [6.07, 6.45) is 7.63. The van der Waals surface area contributed by atoms with Gasteiger partial charge in [0, 0.05) is 34.0 Å². The van der Waals surface area contributed by atoms with Crippen molar-refractivity contribution in [3.8, 4) is 0 Å². The van der Waals surface area contributed by atoms with E-state index in [2.05, 4.69) is 19.9 Å². The molecule has 7 nitrogen and oxygen atoms in total. The van der Waals surface area contributed by atoms with Gasteiger partial charge < -0.3 is 20.7 Å². The first-order valence-electron chi connectivity index (χ1n) is 8.03. The van der Waals surface area contributed by atoms with Gasteiger partial charge in [-0.3, -0.25) is 10.8 Å². The first kappa shape index (κ1) is 15.6. The molecule has 128 valence electrons. The molecule has 4 heterocycles. The molecule has 0 amide bonds. The fourth-order valence-electron chi connectivity index (χ4n) is 2.71. The van der Waals surface area contributed by atoms with Crippen LogP contribution in [0.4, 0.5) is 0 Å². The topological polar surface area (TPSA) is 133 Å². The maximum atomic E-state index is 7.84. The number of hydrogen-bond acceptors (Lipinski definition) is 4. The van der Waals surface area contributed by atoms with Gasteiger partial charge in [0.1, 0.15) is 11.4 Å². The lowest BCUT2D eigenvalue weighted by atomic mass is 10.2. The number of aromatic amines is 3. The predicted octanol–water partition coefficient (Wildman–Crippen LogP) is 1.08. The maximum Gasteiger partial charge on any atom is 0.151 e. The maximum absolute atomic E-state index is 7.84. The van der Waals surface area contributed by atoms with Gasteiger partial charge in [-0.15, -0.1) is 0 Å². The molecule has 26 heavy (non-hydrogen) atoms. The minimum atomic E-state index is -0.0353. The molecule has 3 aromatic heterocycles. The van der Waals surface area contributed by atoms with Gasteiger partial charge in [0.25, 0.3) is 0 Å². The van der Waals surface area contributed by atoms with Gasteiger partial charge in [-0.2, -0.15) is 0 Å². The highest BCUT2D eigenvalue weighted by Crippen LogP contribution is 2.14. The summed E-state index contributed by atoms with van der Waals surface area (Å²) in [5.74, 6) is 0.0804. The van der Waals surface area contributed by atoms with Crippen molar-refractivity contribution < 1.29 is 0 Å². The van der Waals surface area contributed by atoms with E-state index in [0.29, 0.717) is 5.70 Å². The third-order valence-corrected chi connectivity index (χ3v) is 4.00. The van der Waals surface area contributed by atoms with Crippen molar-refractivity contribution in [2.24, 2.45) is 10.7 Å². The summed E-state index contributed by atoms with van der Waals surface area (Å²) in [6, 6.07) is 11.8. The Labute approximate surface area is 148 Å². The molecule has 1 aliphatic rings. The Morgan fingerprint density at radius 3 is 2.12 bits per heavy atom. The highest BCUT2D eigenvalue weighted by atomic mass is 14.9. The van der Waals surface area contributed by atoms with Gasteiger partial charge >= 0.3 is 0 Å². The molecule has 0 aliphatic carbocycles.